The van der Waals surface area contributed by atoms with Gasteiger partial charge in [-0.1, -0.05) is 11.8 Å². The number of esters is 1. The fourth-order valence-corrected chi connectivity index (χ4v) is 2.50. The molecule has 10 heteroatoms. The van der Waals surface area contributed by atoms with Gasteiger partial charge in [0, 0.05) is 30.9 Å². The Labute approximate surface area is 229 Å². The molecule has 2 aromatic carbocycles. The van der Waals surface area contributed by atoms with Crippen LogP contribution in [0.5, 0.6) is 0 Å². The summed E-state index contributed by atoms with van der Waals surface area (Å²) in [6.45, 7) is 4.97. The smallest absolute Gasteiger partial charge is 0.407 e. The number of carboxylic acids is 1. The Kier molecular flexibility index (Phi) is 15.5. The van der Waals surface area contributed by atoms with Gasteiger partial charge in [-0.3, -0.25) is 4.79 Å². The fourth-order valence-electron chi connectivity index (χ4n) is 2.50. The van der Waals surface area contributed by atoms with Crippen LogP contribution in [0, 0.1) is 24.7 Å². The highest BCUT2D eigenvalue weighted by molar-refractivity contribution is 5.97. The van der Waals surface area contributed by atoms with E-state index in [1.165, 1.54) is 19.2 Å². The van der Waals surface area contributed by atoms with Gasteiger partial charge >= 0.3 is 18.0 Å². The first-order valence-corrected chi connectivity index (χ1v) is 11.4. The van der Waals surface area contributed by atoms with Crippen molar-refractivity contribution < 1.29 is 38.5 Å². The van der Waals surface area contributed by atoms with E-state index in [9.17, 15) is 19.2 Å². The molecule has 0 unspecified atom stereocenters. The Balaban J connectivity index is 0.000000849. The van der Waals surface area contributed by atoms with E-state index < -0.39 is 35.6 Å². The highest BCUT2D eigenvalue weighted by atomic mass is 16.6. The number of nitrogens with one attached hydrogen (secondary N) is 2. The monoisotopic (exact) mass is 538 g/mol. The van der Waals surface area contributed by atoms with Crippen molar-refractivity contribution in [2.45, 2.75) is 32.4 Å². The average Bonchev–Trinajstić information content (AvgIpc) is 2.90. The zero-order chi connectivity index (χ0) is 30.0. The molecule has 2 rings (SSSR count). The average molecular weight is 539 g/mol. The van der Waals surface area contributed by atoms with Crippen molar-refractivity contribution in [3.05, 3.63) is 70.8 Å². The van der Waals surface area contributed by atoms with Gasteiger partial charge in [-0.2, -0.15) is 0 Å². The molecular weight excluding hydrogens is 504 g/mol. The van der Waals surface area contributed by atoms with E-state index >= 15 is 0 Å². The Hall–Kier alpha value is -4.80. The van der Waals surface area contributed by atoms with Crippen molar-refractivity contribution in [3.8, 4) is 24.7 Å². The number of hydrogen-bond donors (Lipinski definition) is 3. The topological polar surface area (TPSA) is 140 Å². The molecule has 0 heterocycles. The van der Waals surface area contributed by atoms with Crippen molar-refractivity contribution in [2.75, 3.05) is 27.9 Å². The molecule has 0 bridgehead atoms. The third-order valence-electron chi connectivity index (χ3n) is 4.25. The highest BCUT2D eigenvalue weighted by Gasteiger charge is 2.24. The number of terminal acetylenes is 2. The molecule has 0 saturated carbocycles. The molecule has 0 aliphatic carbocycles. The second-order valence-corrected chi connectivity index (χ2v) is 8.59. The quantitative estimate of drug-likeness (QED) is 0.377. The van der Waals surface area contributed by atoms with E-state index in [4.69, 9.17) is 22.7 Å². The lowest BCUT2D eigenvalue weighted by atomic mass is 10.1. The van der Waals surface area contributed by atoms with Gasteiger partial charge in [0.05, 0.1) is 19.2 Å². The number of alkyl carbamates (subject to hydrolysis) is 1. The molecule has 0 saturated heterocycles. The molecule has 39 heavy (non-hydrogen) atoms. The second kappa shape index (κ2) is 17.6. The summed E-state index contributed by atoms with van der Waals surface area (Å²) in [6, 6.07) is 11.4. The number of carbonyl (C=O) groups is 4. The van der Waals surface area contributed by atoms with Crippen LogP contribution in [0.2, 0.25) is 0 Å². The predicted molar refractivity (Wildman–Crippen MR) is 146 cm³/mol. The summed E-state index contributed by atoms with van der Waals surface area (Å²) >= 11 is 0. The number of benzene rings is 2. The van der Waals surface area contributed by atoms with Gasteiger partial charge in [0.15, 0.2) is 0 Å². The van der Waals surface area contributed by atoms with Crippen LogP contribution >= 0.6 is 0 Å². The summed E-state index contributed by atoms with van der Waals surface area (Å²) in [5, 5.41) is 13.4. The number of hydrogen-bond acceptors (Lipinski definition) is 7. The first-order chi connectivity index (χ1) is 18.3. The molecule has 0 radical (unpaired) electrons. The van der Waals surface area contributed by atoms with Crippen molar-refractivity contribution in [1.29, 1.82) is 0 Å². The standard InChI is InChI=1S/C18H22N2O5.C9H6O2.C2H6O/c1-6-12-7-9-13(10-8-12)15(21)20-14(16(22)24-5)11-19-17(23)25-18(2,3)4;1-2-7-3-5-8(6-4-7)9(10)11;1-3-2/h1,7-10,14H,11H2,2-5H3,(H,19,23)(H,20,21);1,3-6H,(H,10,11);1-2H3/t14-;;/m0../s1. The van der Waals surface area contributed by atoms with Crippen molar-refractivity contribution in [2.24, 2.45) is 0 Å². The third kappa shape index (κ3) is 14.5. The van der Waals surface area contributed by atoms with Gasteiger partial charge in [-0.25, -0.2) is 14.4 Å². The van der Waals surface area contributed by atoms with Crippen LogP contribution < -0.4 is 10.6 Å². The molecule has 3 N–H and O–H groups in total. The molecule has 0 aliphatic heterocycles. The molecule has 208 valence electrons. The Morgan fingerprint density at radius 1 is 0.872 bits per heavy atom. The lowest BCUT2D eigenvalue weighted by molar-refractivity contribution is -0.142. The molecule has 0 aromatic heterocycles. The van der Waals surface area contributed by atoms with Gasteiger partial charge in [0.25, 0.3) is 5.91 Å². The molecule has 0 fully saturated rings. The highest BCUT2D eigenvalue weighted by Crippen LogP contribution is 2.07. The summed E-state index contributed by atoms with van der Waals surface area (Å²) in [5.74, 6) is 2.72. The molecular formula is C29H34N2O8. The maximum atomic E-state index is 12.2. The number of rotatable bonds is 6. The van der Waals surface area contributed by atoms with Crippen LogP contribution in [0.3, 0.4) is 0 Å². The number of carboxylic acid groups (broad SMARTS) is 1. The zero-order valence-corrected chi connectivity index (χ0v) is 22.9. The Morgan fingerprint density at radius 3 is 1.67 bits per heavy atom. The van der Waals surface area contributed by atoms with Gasteiger partial charge < -0.3 is 30.0 Å². The molecule has 10 nitrogen and oxygen atoms in total. The minimum absolute atomic E-state index is 0.171. The van der Waals surface area contributed by atoms with Gasteiger partial charge in [0.2, 0.25) is 0 Å². The molecule has 0 aliphatic rings. The fraction of sp³-hybridized carbons (Fsp3) is 0.310. The minimum atomic E-state index is -1.06. The summed E-state index contributed by atoms with van der Waals surface area (Å²) < 4.78 is 14.0. The van der Waals surface area contributed by atoms with E-state index in [1.54, 1.807) is 71.4 Å². The summed E-state index contributed by atoms with van der Waals surface area (Å²) in [5.41, 5.74) is 1.23. The van der Waals surface area contributed by atoms with Crippen molar-refractivity contribution >= 4 is 23.9 Å². The van der Waals surface area contributed by atoms with Crippen LogP contribution in [-0.4, -0.2) is 68.6 Å². The lowest BCUT2D eigenvalue weighted by Crippen LogP contribution is -2.49. The SMILES string of the molecule is C#Cc1ccc(C(=O)N[C@@H](CNC(=O)OC(C)(C)C)C(=O)OC)cc1.C#Cc1ccc(C(=O)O)cc1.COC. The number of aromatic carboxylic acids is 1. The van der Waals surface area contributed by atoms with E-state index in [0.717, 1.165) is 0 Å². The van der Waals surface area contributed by atoms with Crippen LogP contribution in [0.4, 0.5) is 4.79 Å². The zero-order valence-electron chi connectivity index (χ0n) is 22.9. The third-order valence-corrected chi connectivity index (χ3v) is 4.25. The van der Waals surface area contributed by atoms with E-state index in [0.29, 0.717) is 16.7 Å². The minimum Gasteiger partial charge on any atom is -0.478 e. The van der Waals surface area contributed by atoms with Crippen molar-refractivity contribution in [1.82, 2.24) is 10.6 Å². The maximum absolute atomic E-state index is 12.2. The molecule has 2 aromatic rings. The van der Waals surface area contributed by atoms with Crippen molar-refractivity contribution in [3.63, 3.8) is 0 Å². The van der Waals surface area contributed by atoms with E-state index in [1.807, 2.05) is 0 Å². The van der Waals surface area contributed by atoms with E-state index in [2.05, 4.69) is 31.9 Å². The summed E-state index contributed by atoms with van der Waals surface area (Å²) in [6.07, 6.45) is 9.64. The first-order valence-electron chi connectivity index (χ1n) is 11.4. The predicted octanol–water partition coefficient (Wildman–Crippen LogP) is 3.09. The number of ether oxygens (including phenoxy) is 3. The normalized spacial score (nSPS) is 10.4. The second-order valence-electron chi connectivity index (χ2n) is 8.59. The number of carbonyl (C=O) groups excluding carboxylic acids is 3. The van der Waals surface area contributed by atoms with Gasteiger partial charge in [-0.05, 0) is 69.3 Å². The largest absolute Gasteiger partial charge is 0.478 e. The summed E-state index contributed by atoms with van der Waals surface area (Å²) in [4.78, 5) is 46.1. The van der Waals surface area contributed by atoms with Crippen LogP contribution in [0.25, 0.3) is 0 Å². The lowest BCUT2D eigenvalue weighted by Gasteiger charge is -2.21. The van der Waals surface area contributed by atoms with E-state index in [-0.39, 0.29) is 12.1 Å². The first kappa shape index (κ1) is 34.2. The molecule has 0 spiro atoms. The van der Waals surface area contributed by atoms with Gasteiger partial charge in [-0.15, -0.1) is 12.8 Å². The molecule has 1 atom stereocenters. The number of amides is 2. The molecule has 2 amide bonds. The van der Waals surface area contributed by atoms with Crippen LogP contribution in [0.1, 0.15) is 52.6 Å². The van der Waals surface area contributed by atoms with Crippen LogP contribution in [-0.2, 0) is 19.0 Å². The van der Waals surface area contributed by atoms with Gasteiger partial charge in [0.1, 0.15) is 11.6 Å². The Morgan fingerprint density at radius 2 is 1.31 bits per heavy atom. The Bertz CT molecular complexity index is 1170. The summed E-state index contributed by atoms with van der Waals surface area (Å²) in [7, 11) is 4.44. The maximum Gasteiger partial charge on any atom is 0.407 e. The number of methoxy groups -OCH3 is 2. The van der Waals surface area contributed by atoms with Crippen LogP contribution in [0.15, 0.2) is 48.5 Å².